The molecule has 0 aliphatic carbocycles. The number of benzene rings is 3. The van der Waals surface area contributed by atoms with Crippen molar-refractivity contribution >= 4 is 66.9 Å². The minimum atomic E-state index is -1.41. The highest BCUT2D eigenvalue weighted by atomic mass is 127. The van der Waals surface area contributed by atoms with Crippen molar-refractivity contribution < 1.29 is 28.7 Å². The summed E-state index contributed by atoms with van der Waals surface area (Å²) in [5, 5.41) is 0. The molecule has 4 aliphatic heterocycles. The molecule has 3 aromatic carbocycles. The van der Waals surface area contributed by atoms with Gasteiger partial charge in [0.1, 0.15) is 15.4 Å². The molecule has 4 heterocycles. The second kappa shape index (κ2) is 9.55. The summed E-state index contributed by atoms with van der Waals surface area (Å²) in [6, 6.07) is 15.3. The molecule has 3 amide bonds. The van der Waals surface area contributed by atoms with Gasteiger partial charge >= 0.3 is 5.97 Å². The van der Waals surface area contributed by atoms with Gasteiger partial charge in [-0.3, -0.25) is 14.4 Å². The fraction of sp³-hybridized carbons (Fsp3) is 0.241. The summed E-state index contributed by atoms with van der Waals surface area (Å²) in [7, 11) is 2.53. The quantitative estimate of drug-likeness (QED) is 0.148. The van der Waals surface area contributed by atoms with Gasteiger partial charge in [0.05, 0.1) is 11.2 Å². The van der Waals surface area contributed by atoms with Crippen LogP contribution in [-0.2, 0) is 19.9 Å². The van der Waals surface area contributed by atoms with Crippen molar-refractivity contribution in [2.45, 2.75) is 29.0 Å². The number of carbonyl (C=O) groups is 4. The van der Waals surface area contributed by atoms with Crippen LogP contribution >= 0.6 is 31.8 Å². The molecule has 0 radical (unpaired) electrons. The molecule has 3 aromatic rings. The van der Waals surface area contributed by atoms with Crippen LogP contribution in [0, 0.1) is 0 Å². The van der Waals surface area contributed by atoms with Gasteiger partial charge in [-0.1, -0.05) is 36.4 Å². The predicted octanol–water partition coefficient (Wildman–Crippen LogP) is 4.12. The first-order chi connectivity index (χ1) is 19.2. The molecule has 0 saturated carbocycles. The number of carbonyl (C=O) groups excluding carboxylic acids is 4. The van der Waals surface area contributed by atoms with E-state index in [1.165, 1.54) is 6.07 Å². The zero-order valence-corrected chi connectivity index (χ0v) is 25.0. The molecule has 4 aliphatic rings. The van der Waals surface area contributed by atoms with Crippen molar-refractivity contribution in [3.05, 3.63) is 82.4 Å². The van der Waals surface area contributed by atoms with Gasteiger partial charge in [0.25, 0.3) is 0 Å². The number of alkyl halides is 1. The van der Waals surface area contributed by atoms with Gasteiger partial charge in [-0.15, -0.1) is 9.24 Å². The lowest BCUT2D eigenvalue weighted by Gasteiger charge is -2.40. The van der Waals surface area contributed by atoms with E-state index in [1.807, 2.05) is 13.8 Å². The number of ether oxygens (including phenoxy) is 2. The number of rotatable bonds is 3. The maximum atomic E-state index is 13.2. The molecule has 11 heteroatoms. The van der Waals surface area contributed by atoms with Gasteiger partial charge in [-0.05, 0) is 42.5 Å². The summed E-state index contributed by atoms with van der Waals surface area (Å²) < 4.78 is 12.5. The number of halogens is 1. The topological polar surface area (TPSA) is 119 Å². The van der Waals surface area contributed by atoms with E-state index in [0.29, 0.717) is 58.2 Å². The van der Waals surface area contributed by atoms with E-state index in [-0.39, 0.29) is 27.0 Å². The number of hydrogen-bond acceptors (Lipinski definition) is 6. The lowest BCUT2D eigenvalue weighted by Crippen LogP contribution is -2.53. The third kappa shape index (κ3) is 3.69. The van der Waals surface area contributed by atoms with Crippen LogP contribution in [0.2, 0.25) is 0 Å². The Hall–Kier alpha value is -3.50. The zero-order valence-electron chi connectivity index (χ0n) is 21.6. The molecular formula is C29H25IN3O6P. The number of hydrogen-bond donors (Lipinski definition) is 1. The standard InChI is InChI=1S/C27H19IN3O6P.C2H6/c28-19-10-30(24(19)33)13-2-5-16-20(8-13)36-21-9-14(31-11-22(38)25(31)34)3-6-17(21)27(16)18-7-12(23(29)32)1-4-15(18)26(35)37-27;1-2/h1-9,19,22H,10-11,38H2,(H2,29,32);1-2H3. The van der Waals surface area contributed by atoms with E-state index in [4.69, 9.17) is 15.2 Å². The SMILES string of the molecule is CC.NC(=O)c1ccc2c(c1)C1(OC2=O)c2ccc(N3CC(P)C3=O)cc2Oc2cc(N3CC(I)C3=O)ccc21. The minimum absolute atomic E-state index is 0.00536. The lowest BCUT2D eigenvalue weighted by atomic mass is 9.77. The molecule has 2 fully saturated rings. The van der Waals surface area contributed by atoms with Crippen LogP contribution in [0.1, 0.15) is 51.3 Å². The average Bonchev–Trinajstić information content (AvgIpc) is 3.26. The number of nitrogens with two attached hydrogens (primary N) is 1. The highest BCUT2D eigenvalue weighted by molar-refractivity contribution is 14.1. The maximum Gasteiger partial charge on any atom is 0.340 e. The van der Waals surface area contributed by atoms with Crippen LogP contribution in [0.15, 0.2) is 54.6 Å². The highest BCUT2D eigenvalue weighted by Gasteiger charge is 2.54. The Morgan fingerprint density at radius 2 is 1.50 bits per heavy atom. The molecule has 2 saturated heterocycles. The summed E-state index contributed by atoms with van der Waals surface area (Å²) in [6.07, 6.45) is 0. The van der Waals surface area contributed by atoms with E-state index in [0.717, 1.165) is 0 Å². The summed E-state index contributed by atoms with van der Waals surface area (Å²) in [5.74, 6) is -0.381. The Kier molecular flexibility index (Phi) is 6.38. The highest BCUT2D eigenvalue weighted by Crippen LogP contribution is 2.57. The van der Waals surface area contributed by atoms with Crippen molar-refractivity contribution in [3.63, 3.8) is 0 Å². The van der Waals surface area contributed by atoms with Crippen LogP contribution in [0.3, 0.4) is 0 Å². The molecule has 0 bridgehead atoms. The van der Waals surface area contributed by atoms with Gasteiger partial charge in [-0.25, -0.2) is 4.79 Å². The molecule has 204 valence electrons. The van der Waals surface area contributed by atoms with E-state index in [2.05, 4.69) is 31.8 Å². The second-order valence-electron chi connectivity index (χ2n) is 9.63. The van der Waals surface area contributed by atoms with Gasteiger partial charge in [0.15, 0.2) is 5.60 Å². The Morgan fingerprint density at radius 3 is 2.00 bits per heavy atom. The summed E-state index contributed by atoms with van der Waals surface area (Å²) in [5.41, 5.74) is 7.49. The summed E-state index contributed by atoms with van der Waals surface area (Å²) >= 11 is 2.11. The Balaban J connectivity index is 0.00000142. The zero-order chi connectivity index (χ0) is 28.5. The number of esters is 1. The summed E-state index contributed by atoms with van der Waals surface area (Å²) in [6.45, 7) is 5.14. The number of nitrogens with zero attached hydrogens (tertiary/aromatic N) is 2. The molecule has 9 nitrogen and oxygen atoms in total. The van der Waals surface area contributed by atoms with Crippen LogP contribution in [0.25, 0.3) is 0 Å². The number of amides is 3. The van der Waals surface area contributed by atoms with Crippen LogP contribution < -0.4 is 20.3 Å². The first-order valence-electron chi connectivity index (χ1n) is 12.9. The van der Waals surface area contributed by atoms with E-state index in [9.17, 15) is 19.2 Å². The second-order valence-corrected chi connectivity index (χ2v) is 11.9. The van der Waals surface area contributed by atoms with Crippen molar-refractivity contribution in [3.8, 4) is 11.5 Å². The minimum Gasteiger partial charge on any atom is -0.456 e. The van der Waals surface area contributed by atoms with Gasteiger partial charge in [-0.2, -0.15) is 0 Å². The molecule has 40 heavy (non-hydrogen) atoms. The molecule has 4 unspecified atom stereocenters. The van der Waals surface area contributed by atoms with Crippen LogP contribution in [0.5, 0.6) is 11.5 Å². The third-order valence-corrected chi connectivity index (χ3v) is 8.94. The average molecular weight is 669 g/mol. The number of fused-ring (bicyclic) bond motifs is 6. The van der Waals surface area contributed by atoms with E-state index in [1.54, 1.807) is 58.3 Å². The van der Waals surface area contributed by atoms with Crippen molar-refractivity contribution in [2.24, 2.45) is 5.73 Å². The number of primary amides is 1. The van der Waals surface area contributed by atoms with Crippen LogP contribution in [0.4, 0.5) is 11.4 Å². The largest absolute Gasteiger partial charge is 0.456 e. The fourth-order valence-electron chi connectivity index (χ4n) is 5.49. The first kappa shape index (κ1) is 26.7. The Morgan fingerprint density at radius 1 is 0.900 bits per heavy atom. The van der Waals surface area contributed by atoms with Gasteiger partial charge in [0, 0.05) is 58.9 Å². The molecule has 7 rings (SSSR count). The molecule has 2 N–H and O–H groups in total. The Bertz CT molecular complexity index is 1560. The van der Waals surface area contributed by atoms with Gasteiger partial charge in [0.2, 0.25) is 17.7 Å². The van der Waals surface area contributed by atoms with Crippen molar-refractivity contribution in [1.82, 2.24) is 0 Å². The van der Waals surface area contributed by atoms with Crippen LogP contribution in [-0.4, -0.2) is 46.4 Å². The lowest BCUT2D eigenvalue weighted by molar-refractivity contribution is -0.122. The summed E-state index contributed by atoms with van der Waals surface area (Å²) in [4.78, 5) is 53.4. The molecule has 0 aromatic heterocycles. The van der Waals surface area contributed by atoms with Gasteiger partial charge < -0.3 is 25.0 Å². The number of β-lactam (4-membered cyclic amide) rings is 2. The predicted molar refractivity (Wildman–Crippen MR) is 161 cm³/mol. The molecule has 1 spiro atoms. The van der Waals surface area contributed by atoms with Crippen molar-refractivity contribution in [1.29, 1.82) is 0 Å². The van der Waals surface area contributed by atoms with E-state index >= 15 is 0 Å². The van der Waals surface area contributed by atoms with E-state index < -0.39 is 17.5 Å². The third-order valence-electron chi connectivity index (χ3n) is 7.52. The van der Waals surface area contributed by atoms with Crippen molar-refractivity contribution in [2.75, 3.05) is 22.9 Å². The Labute approximate surface area is 246 Å². The smallest absolute Gasteiger partial charge is 0.340 e. The first-order valence-corrected chi connectivity index (χ1v) is 14.8. The molecule has 4 atom stereocenters. The number of anilines is 2. The normalized spacial score (nSPS) is 23.6. The maximum absolute atomic E-state index is 13.2. The monoisotopic (exact) mass is 669 g/mol. The fourth-order valence-corrected chi connectivity index (χ4v) is 6.61. The molecular weight excluding hydrogens is 644 g/mol.